The Labute approximate surface area is 129 Å². The summed E-state index contributed by atoms with van der Waals surface area (Å²) in [5, 5.41) is 0. The fourth-order valence-electron chi connectivity index (χ4n) is 3.04. The maximum atomic E-state index is 4.40. The summed E-state index contributed by atoms with van der Waals surface area (Å²) < 4.78 is 0. The van der Waals surface area contributed by atoms with Crippen molar-refractivity contribution in [2.24, 2.45) is 0 Å². The van der Waals surface area contributed by atoms with Gasteiger partial charge in [-0.2, -0.15) is 0 Å². The zero-order valence-corrected chi connectivity index (χ0v) is 14.1. The Kier molecular flexibility index (Phi) is 5.53. The van der Waals surface area contributed by atoms with Crippen LogP contribution in [0.2, 0.25) is 0 Å². The summed E-state index contributed by atoms with van der Waals surface area (Å²) in [4.78, 5) is 15.9. The van der Waals surface area contributed by atoms with Crippen molar-refractivity contribution in [1.82, 2.24) is 19.8 Å². The molecule has 5 heteroatoms. The van der Waals surface area contributed by atoms with Crippen molar-refractivity contribution in [1.29, 1.82) is 0 Å². The van der Waals surface area contributed by atoms with Gasteiger partial charge in [-0.3, -0.25) is 9.80 Å². The number of hydrogen-bond acceptors (Lipinski definition) is 5. The molecule has 1 atom stereocenters. The van der Waals surface area contributed by atoms with E-state index in [1.54, 1.807) is 0 Å². The topological polar surface area (TPSA) is 35.5 Å². The van der Waals surface area contributed by atoms with Crippen molar-refractivity contribution in [3.05, 3.63) is 18.0 Å². The van der Waals surface area contributed by atoms with Crippen LogP contribution in [0.4, 0.5) is 5.95 Å². The van der Waals surface area contributed by atoms with Crippen LogP contribution in [0, 0.1) is 0 Å². The van der Waals surface area contributed by atoms with E-state index >= 15 is 0 Å². The number of hydrogen-bond donors (Lipinski definition) is 0. The average molecular weight is 291 g/mol. The Bertz CT molecular complexity index is 429. The lowest BCUT2D eigenvalue weighted by atomic mass is 10.1. The van der Waals surface area contributed by atoms with Crippen molar-refractivity contribution >= 4 is 5.95 Å². The van der Waals surface area contributed by atoms with Gasteiger partial charge >= 0.3 is 0 Å². The first-order valence-electron chi connectivity index (χ1n) is 7.97. The standard InChI is InChI=1S/C16H29N5/c1-6-15-12-20(7-8-21(15)13(2)3)11-14-9-17-16(18-10-14)19(4)5/h9-10,13,15H,6-8,11-12H2,1-5H3/t15-/m1/s1. The van der Waals surface area contributed by atoms with Crippen molar-refractivity contribution < 1.29 is 0 Å². The van der Waals surface area contributed by atoms with E-state index in [2.05, 4.69) is 40.5 Å². The minimum Gasteiger partial charge on any atom is -0.347 e. The van der Waals surface area contributed by atoms with Gasteiger partial charge in [0, 0.05) is 70.3 Å². The second-order valence-corrected chi connectivity index (χ2v) is 6.41. The molecule has 2 heterocycles. The van der Waals surface area contributed by atoms with Crippen molar-refractivity contribution in [2.75, 3.05) is 38.6 Å². The smallest absolute Gasteiger partial charge is 0.224 e. The quantitative estimate of drug-likeness (QED) is 0.827. The van der Waals surface area contributed by atoms with Gasteiger partial charge in [-0.25, -0.2) is 9.97 Å². The Balaban J connectivity index is 1.94. The molecule has 0 aliphatic carbocycles. The summed E-state index contributed by atoms with van der Waals surface area (Å²) in [5.41, 5.74) is 1.20. The SMILES string of the molecule is CC[C@@H]1CN(Cc2cnc(N(C)C)nc2)CCN1C(C)C. The minimum atomic E-state index is 0.639. The largest absolute Gasteiger partial charge is 0.347 e. The van der Waals surface area contributed by atoms with E-state index in [1.165, 1.54) is 12.0 Å². The molecule has 0 amide bonds. The molecule has 0 bridgehead atoms. The van der Waals surface area contributed by atoms with Gasteiger partial charge in [0.1, 0.15) is 0 Å². The zero-order valence-electron chi connectivity index (χ0n) is 14.1. The van der Waals surface area contributed by atoms with Crippen LogP contribution >= 0.6 is 0 Å². The molecule has 1 fully saturated rings. The summed E-state index contributed by atoms with van der Waals surface area (Å²) in [7, 11) is 3.93. The Morgan fingerprint density at radius 2 is 1.90 bits per heavy atom. The van der Waals surface area contributed by atoms with Crippen LogP contribution in [0.1, 0.15) is 32.8 Å². The van der Waals surface area contributed by atoms with E-state index in [1.807, 2.05) is 31.4 Å². The highest BCUT2D eigenvalue weighted by atomic mass is 15.3. The van der Waals surface area contributed by atoms with E-state index in [-0.39, 0.29) is 0 Å². The third-order valence-corrected chi connectivity index (χ3v) is 4.24. The summed E-state index contributed by atoms with van der Waals surface area (Å²) in [6, 6.07) is 1.31. The van der Waals surface area contributed by atoms with Gasteiger partial charge in [0.05, 0.1) is 0 Å². The molecule has 1 aliphatic rings. The van der Waals surface area contributed by atoms with E-state index in [9.17, 15) is 0 Å². The molecule has 0 spiro atoms. The minimum absolute atomic E-state index is 0.639. The van der Waals surface area contributed by atoms with Crippen LogP contribution in [0.5, 0.6) is 0 Å². The predicted octanol–water partition coefficient (Wildman–Crippen LogP) is 1.85. The van der Waals surface area contributed by atoms with Gasteiger partial charge in [0.15, 0.2) is 0 Å². The molecule has 1 aromatic heterocycles. The molecule has 0 unspecified atom stereocenters. The zero-order chi connectivity index (χ0) is 15.4. The normalized spacial score (nSPS) is 21.0. The predicted molar refractivity (Wildman–Crippen MR) is 87.6 cm³/mol. The van der Waals surface area contributed by atoms with Gasteiger partial charge in [-0.15, -0.1) is 0 Å². The molecule has 1 saturated heterocycles. The molecule has 0 saturated carbocycles. The number of nitrogens with zero attached hydrogens (tertiary/aromatic N) is 5. The fraction of sp³-hybridized carbons (Fsp3) is 0.750. The van der Waals surface area contributed by atoms with Crippen molar-refractivity contribution in [3.8, 4) is 0 Å². The molecular weight excluding hydrogens is 262 g/mol. The van der Waals surface area contributed by atoms with Gasteiger partial charge < -0.3 is 4.90 Å². The first-order chi connectivity index (χ1) is 10.0. The Hall–Kier alpha value is -1.20. The van der Waals surface area contributed by atoms with Gasteiger partial charge in [0.2, 0.25) is 5.95 Å². The molecule has 2 rings (SSSR count). The highest BCUT2D eigenvalue weighted by Gasteiger charge is 2.27. The first kappa shape index (κ1) is 16.2. The third-order valence-electron chi connectivity index (χ3n) is 4.24. The van der Waals surface area contributed by atoms with Crippen LogP contribution in [0.3, 0.4) is 0 Å². The molecule has 1 aromatic rings. The summed E-state index contributed by atoms with van der Waals surface area (Å²) in [6.07, 6.45) is 5.13. The van der Waals surface area contributed by atoms with Gasteiger partial charge in [0.25, 0.3) is 0 Å². The molecule has 118 valence electrons. The van der Waals surface area contributed by atoms with Crippen LogP contribution in [-0.4, -0.2) is 65.6 Å². The maximum absolute atomic E-state index is 4.40. The third kappa shape index (κ3) is 4.14. The first-order valence-corrected chi connectivity index (χ1v) is 7.97. The molecule has 0 aromatic carbocycles. The fourth-order valence-corrected chi connectivity index (χ4v) is 3.04. The highest BCUT2D eigenvalue weighted by Crippen LogP contribution is 2.17. The molecule has 0 N–H and O–H groups in total. The molecule has 5 nitrogen and oxygen atoms in total. The second kappa shape index (κ2) is 7.18. The number of rotatable bonds is 5. The van der Waals surface area contributed by atoms with E-state index in [0.717, 1.165) is 32.1 Å². The van der Waals surface area contributed by atoms with E-state index in [4.69, 9.17) is 0 Å². The molecule has 0 radical (unpaired) electrons. The maximum Gasteiger partial charge on any atom is 0.224 e. The summed E-state index contributed by atoms with van der Waals surface area (Å²) in [6.45, 7) is 11.3. The van der Waals surface area contributed by atoms with Crippen LogP contribution < -0.4 is 4.90 Å². The Morgan fingerprint density at radius 1 is 1.24 bits per heavy atom. The Morgan fingerprint density at radius 3 is 2.43 bits per heavy atom. The van der Waals surface area contributed by atoms with Crippen molar-refractivity contribution in [3.63, 3.8) is 0 Å². The van der Waals surface area contributed by atoms with Crippen molar-refractivity contribution in [2.45, 2.75) is 45.8 Å². The molecular formula is C16H29N5. The number of aromatic nitrogens is 2. The summed E-state index contributed by atoms with van der Waals surface area (Å²) in [5.74, 6) is 0.773. The lowest BCUT2D eigenvalue weighted by Gasteiger charge is -2.43. The molecule has 1 aliphatic heterocycles. The average Bonchev–Trinajstić information content (AvgIpc) is 2.47. The number of piperazine rings is 1. The van der Waals surface area contributed by atoms with E-state index in [0.29, 0.717) is 12.1 Å². The van der Waals surface area contributed by atoms with E-state index < -0.39 is 0 Å². The summed E-state index contributed by atoms with van der Waals surface area (Å²) >= 11 is 0. The van der Waals surface area contributed by atoms with Gasteiger partial charge in [-0.05, 0) is 20.3 Å². The van der Waals surface area contributed by atoms with Crippen LogP contribution in [-0.2, 0) is 6.54 Å². The lowest BCUT2D eigenvalue weighted by molar-refractivity contribution is 0.0456. The van der Waals surface area contributed by atoms with Crippen LogP contribution in [0.15, 0.2) is 12.4 Å². The second-order valence-electron chi connectivity index (χ2n) is 6.41. The highest BCUT2D eigenvalue weighted by molar-refractivity contribution is 5.26. The molecule has 21 heavy (non-hydrogen) atoms. The van der Waals surface area contributed by atoms with Crippen LogP contribution in [0.25, 0.3) is 0 Å². The van der Waals surface area contributed by atoms with Gasteiger partial charge in [-0.1, -0.05) is 6.92 Å². The number of anilines is 1. The lowest BCUT2D eigenvalue weighted by Crippen LogP contribution is -2.54. The monoisotopic (exact) mass is 291 g/mol.